The third-order valence-corrected chi connectivity index (χ3v) is 4.16. The van der Waals surface area contributed by atoms with E-state index in [4.69, 9.17) is 4.74 Å². The van der Waals surface area contributed by atoms with Crippen molar-refractivity contribution in [2.24, 2.45) is 5.92 Å². The van der Waals surface area contributed by atoms with E-state index in [1.165, 1.54) is 5.56 Å². The van der Waals surface area contributed by atoms with Crippen molar-refractivity contribution < 1.29 is 9.53 Å². The number of anilines is 1. The second kappa shape index (κ2) is 5.84. The van der Waals surface area contributed by atoms with Crippen molar-refractivity contribution in [3.8, 4) is 5.75 Å². The van der Waals surface area contributed by atoms with E-state index < -0.39 is 0 Å². The molecule has 0 aliphatic heterocycles. The van der Waals surface area contributed by atoms with Crippen LogP contribution in [0.5, 0.6) is 5.75 Å². The zero-order valence-corrected chi connectivity index (χ0v) is 13.2. The number of benzene rings is 2. The van der Waals surface area contributed by atoms with Gasteiger partial charge in [-0.1, -0.05) is 18.2 Å². The monoisotopic (exact) mass is 295 g/mol. The van der Waals surface area contributed by atoms with E-state index in [0.717, 1.165) is 29.0 Å². The lowest BCUT2D eigenvalue weighted by molar-refractivity contribution is -0.117. The van der Waals surface area contributed by atoms with Crippen LogP contribution in [0.3, 0.4) is 0 Å². The molecule has 1 aliphatic rings. The Bertz CT molecular complexity index is 671. The summed E-state index contributed by atoms with van der Waals surface area (Å²) < 4.78 is 5.17. The second-order valence-electron chi connectivity index (χ2n) is 6.09. The number of nitrogens with one attached hydrogen (secondary N) is 1. The van der Waals surface area contributed by atoms with Crippen molar-refractivity contribution in [3.63, 3.8) is 0 Å². The third kappa shape index (κ3) is 3.14. The normalized spacial score (nSPS) is 19.6. The van der Waals surface area contributed by atoms with Gasteiger partial charge in [-0.3, -0.25) is 4.79 Å². The van der Waals surface area contributed by atoms with Crippen LogP contribution in [-0.4, -0.2) is 13.0 Å². The van der Waals surface area contributed by atoms with Gasteiger partial charge in [0.25, 0.3) is 0 Å². The van der Waals surface area contributed by atoms with Gasteiger partial charge in [-0.15, -0.1) is 0 Å². The van der Waals surface area contributed by atoms with Crippen LogP contribution < -0.4 is 10.1 Å². The molecule has 1 fully saturated rings. The summed E-state index contributed by atoms with van der Waals surface area (Å²) in [4.78, 5) is 12.4. The lowest BCUT2D eigenvalue weighted by Gasteiger charge is -2.08. The van der Waals surface area contributed by atoms with E-state index >= 15 is 0 Å². The third-order valence-electron chi connectivity index (χ3n) is 4.16. The van der Waals surface area contributed by atoms with Gasteiger partial charge in [0.1, 0.15) is 5.75 Å². The molecular weight excluding hydrogens is 274 g/mol. The molecule has 0 saturated heterocycles. The number of hydrogen-bond acceptors (Lipinski definition) is 2. The van der Waals surface area contributed by atoms with Crippen LogP contribution in [0.1, 0.15) is 29.0 Å². The minimum absolute atomic E-state index is 0.0780. The maximum absolute atomic E-state index is 12.4. The summed E-state index contributed by atoms with van der Waals surface area (Å²) in [5.74, 6) is 1.37. The van der Waals surface area contributed by atoms with Gasteiger partial charge in [0.2, 0.25) is 5.91 Å². The molecule has 1 aliphatic carbocycles. The zero-order chi connectivity index (χ0) is 15.7. The summed E-state index contributed by atoms with van der Waals surface area (Å²) in [6.45, 7) is 4.08. The Hall–Kier alpha value is -2.29. The molecule has 114 valence electrons. The first kappa shape index (κ1) is 14.6. The summed E-state index contributed by atoms with van der Waals surface area (Å²) in [5, 5.41) is 3.04. The predicted octanol–water partition coefficient (Wildman–Crippen LogP) is 4.05. The first-order valence-electron chi connectivity index (χ1n) is 7.60. The van der Waals surface area contributed by atoms with Crippen LogP contribution in [0.25, 0.3) is 0 Å². The number of carbonyl (C=O) groups excluding carboxylic acids is 1. The van der Waals surface area contributed by atoms with Gasteiger partial charge in [0, 0.05) is 11.6 Å². The van der Waals surface area contributed by atoms with Gasteiger partial charge in [-0.2, -0.15) is 0 Å². The molecule has 0 spiro atoms. The Morgan fingerprint density at radius 3 is 2.32 bits per heavy atom. The standard InChI is InChI=1S/C19H21NO2/c1-12-8-13(2)10-15(9-12)20-19(21)18-11-17(18)14-4-6-16(22-3)7-5-14/h4-10,17-18H,11H2,1-3H3,(H,20,21). The van der Waals surface area contributed by atoms with Crippen LogP contribution >= 0.6 is 0 Å². The number of aryl methyl sites for hydroxylation is 2. The fourth-order valence-electron chi connectivity index (χ4n) is 2.99. The maximum atomic E-state index is 12.4. The molecule has 0 aromatic heterocycles. The molecule has 2 unspecified atom stereocenters. The molecule has 3 nitrogen and oxygen atoms in total. The summed E-state index contributed by atoms with van der Waals surface area (Å²) >= 11 is 0. The smallest absolute Gasteiger partial charge is 0.228 e. The molecular formula is C19H21NO2. The quantitative estimate of drug-likeness (QED) is 0.924. The predicted molar refractivity (Wildman–Crippen MR) is 88.4 cm³/mol. The van der Waals surface area contributed by atoms with Crippen molar-refractivity contribution in [2.45, 2.75) is 26.2 Å². The lowest BCUT2D eigenvalue weighted by atomic mass is 10.1. The van der Waals surface area contributed by atoms with Gasteiger partial charge in [-0.05, 0) is 67.1 Å². The number of carbonyl (C=O) groups is 1. The zero-order valence-electron chi connectivity index (χ0n) is 13.2. The summed E-state index contributed by atoms with van der Waals surface area (Å²) in [6.07, 6.45) is 0.920. The van der Waals surface area contributed by atoms with Crippen molar-refractivity contribution in [2.75, 3.05) is 12.4 Å². The van der Waals surface area contributed by atoms with Gasteiger partial charge >= 0.3 is 0 Å². The van der Waals surface area contributed by atoms with Crippen LogP contribution in [0.4, 0.5) is 5.69 Å². The van der Waals surface area contributed by atoms with E-state index in [1.54, 1.807) is 7.11 Å². The minimum atomic E-state index is 0.0780. The van der Waals surface area contributed by atoms with Crippen LogP contribution in [0.15, 0.2) is 42.5 Å². The summed E-state index contributed by atoms with van der Waals surface area (Å²) in [7, 11) is 1.66. The van der Waals surface area contributed by atoms with Gasteiger partial charge in [-0.25, -0.2) is 0 Å². The van der Waals surface area contributed by atoms with E-state index in [2.05, 4.69) is 11.4 Å². The number of amides is 1. The number of methoxy groups -OCH3 is 1. The van der Waals surface area contributed by atoms with Crippen LogP contribution in [0.2, 0.25) is 0 Å². The molecule has 0 bridgehead atoms. The number of rotatable bonds is 4. The highest BCUT2D eigenvalue weighted by Crippen LogP contribution is 2.48. The Labute approximate surface area is 131 Å². The fourth-order valence-corrected chi connectivity index (χ4v) is 2.99. The Morgan fingerprint density at radius 2 is 1.73 bits per heavy atom. The molecule has 3 heteroatoms. The molecule has 1 amide bonds. The molecule has 22 heavy (non-hydrogen) atoms. The molecule has 2 aromatic carbocycles. The molecule has 3 rings (SSSR count). The molecule has 0 heterocycles. The van der Waals surface area contributed by atoms with Crippen molar-refractivity contribution >= 4 is 11.6 Å². The number of hydrogen-bond donors (Lipinski definition) is 1. The van der Waals surface area contributed by atoms with E-state index in [-0.39, 0.29) is 11.8 Å². The summed E-state index contributed by atoms with van der Waals surface area (Å²) in [5.41, 5.74) is 4.43. The molecule has 2 aromatic rings. The Kier molecular flexibility index (Phi) is 3.88. The van der Waals surface area contributed by atoms with Crippen LogP contribution in [-0.2, 0) is 4.79 Å². The highest BCUT2D eigenvalue weighted by Gasteiger charge is 2.43. The molecule has 1 saturated carbocycles. The van der Waals surface area contributed by atoms with Crippen molar-refractivity contribution in [3.05, 3.63) is 59.2 Å². The van der Waals surface area contributed by atoms with E-state index in [9.17, 15) is 4.79 Å². The average Bonchev–Trinajstić information content (AvgIpc) is 3.27. The largest absolute Gasteiger partial charge is 0.497 e. The first-order valence-corrected chi connectivity index (χ1v) is 7.60. The van der Waals surface area contributed by atoms with Gasteiger partial charge in [0.05, 0.1) is 7.11 Å². The molecule has 0 radical (unpaired) electrons. The van der Waals surface area contributed by atoms with Crippen LogP contribution in [0, 0.1) is 19.8 Å². The Balaban J connectivity index is 1.64. The van der Waals surface area contributed by atoms with Crippen molar-refractivity contribution in [1.82, 2.24) is 0 Å². The highest BCUT2D eigenvalue weighted by molar-refractivity contribution is 5.95. The minimum Gasteiger partial charge on any atom is -0.497 e. The molecule has 2 atom stereocenters. The summed E-state index contributed by atoms with van der Waals surface area (Å²) in [6, 6.07) is 14.1. The van der Waals surface area contributed by atoms with E-state index in [0.29, 0.717) is 5.92 Å². The van der Waals surface area contributed by atoms with Crippen molar-refractivity contribution in [1.29, 1.82) is 0 Å². The van der Waals surface area contributed by atoms with Gasteiger partial charge in [0.15, 0.2) is 0 Å². The van der Waals surface area contributed by atoms with Gasteiger partial charge < -0.3 is 10.1 Å². The topological polar surface area (TPSA) is 38.3 Å². The van der Waals surface area contributed by atoms with E-state index in [1.807, 2.05) is 50.2 Å². The second-order valence-corrected chi connectivity index (χ2v) is 6.09. The first-order chi connectivity index (χ1) is 10.6. The Morgan fingerprint density at radius 1 is 1.09 bits per heavy atom. The SMILES string of the molecule is COc1ccc(C2CC2C(=O)Nc2cc(C)cc(C)c2)cc1. The fraction of sp³-hybridized carbons (Fsp3) is 0.316. The highest BCUT2D eigenvalue weighted by atomic mass is 16.5. The maximum Gasteiger partial charge on any atom is 0.228 e. The lowest BCUT2D eigenvalue weighted by Crippen LogP contribution is -2.14. The number of ether oxygens (including phenoxy) is 1. The molecule has 1 N–H and O–H groups in total. The average molecular weight is 295 g/mol.